The first-order valence-corrected chi connectivity index (χ1v) is 11.5. The van der Waals surface area contributed by atoms with Crippen LogP contribution in [0.2, 0.25) is 0 Å². The van der Waals surface area contributed by atoms with E-state index in [1.807, 2.05) is 60.7 Å². The molecule has 1 unspecified atom stereocenters. The molecule has 4 heterocycles. The number of imidazole rings is 1. The van der Waals surface area contributed by atoms with Crippen LogP contribution in [0.15, 0.2) is 73.3 Å². The summed E-state index contributed by atoms with van der Waals surface area (Å²) in [6, 6.07) is 18.9. The summed E-state index contributed by atoms with van der Waals surface area (Å²) in [4.78, 5) is 25.3. The van der Waals surface area contributed by atoms with Gasteiger partial charge in [-0.3, -0.25) is 9.88 Å². The molecule has 184 valence electrons. The number of rotatable bonds is 6. The van der Waals surface area contributed by atoms with Crippen molar-refractivity contribution in [1.82, 2.24) is 19.5 Å². The van der Waals surface area contributed by atoms with Crippen LogP contribution in [-0.2, 0) is 25.6 Å². The number of anilines is 1. The molecule has 1 amide bonds. The van der Waals surface area contributed by atoms with E-state index in [1.54, 1.807) is 10.9 Å². The van der Waals surface area contributed by atoms with Crippen molar-refractivity contribution >= 4 is 23.1 Å². The molecule has 2 aromatic carbocycles. The van der Waals surface area contributed by atoms with Crippen molar-refractivity contribution in [2.24, 2.45) is 0 Å². The third-order valence-corrected chi connectivity index (χ3v) is 6.16. The molecule has 4 aromatic rings. The highest BCUT2D eigenvalue weighted by atomic mass is 16.8. The minimum Gasteiger partial charge on any atom is -0.444 e. The Hall–Kier alpha value is -3.90. The fourth-order valence-electron chi connectivity index (χ4n) is 4.46. The molecule has 11 heteroatoms. The van der Waals surface area contributed by atoms with Gasteiger partial charge in [0.2, 0.25) is 0 Å². The van der Waals surface area contributed by atoms with Gasteiger partial charge >= 0.3 is 6.09 Å². The molecular formula is C25H23N5O6. The Morgan fingerprint density at radius 3 is 2.50 bits per heavy atom. The van der Waals surface area contributed by atoms with Crippen LogP contribution < -0.4 is 5.32 Å². The first kappa shape index (κ1) is 22.6. The minimum atomic E-state index is -0.663. The van der Waals surface area contributed by atoms with Gasteiger partial charge in [0.25, 0.3) is 0 Å². The van der Waals surface area contributed by atoms with E-state index >= 15 is 0 Å². The van der Waals surface area contributed by atoms with Gasteiger partial charge in [-0.2, -0.15) is 0 Å². The molecule has 0 radical (unpaired) electrons. The molecule has 36 heavy (non-hydrogen) atoms. The molecule has 2 saturated heterocycles. The number of ether oxygens (including phenoxy) is 4. The SMILES string of the molecule is O=C(Nc1ncnc2c1ncn2[C@@H]1O[C@H](CO)[C@H]2OC(c3ccccc3)O[C@H]21)OCc1ccccc1. The zero-order chi connectivity index (χ0) is 24.5. The van der Waals surface area contributed by atoms with Gasteiger partial charge in [-0.1, -0.05) is 60.7 Å². The molecule has 0 saturated carbocycles. The van der Waals surface area contributed by atoms with Gasteiger partial charge in [-0.05, 0) is 5.56 Å². The Balaban J connectivity index is 1.22. The predicted octanol–water partition coefficient (Wildman–Crippen LogP) is 2.95. The maximum atomic E-state index is 12.4. The number of aliphatic hydroxyl groups is 1. The third-order valence-electron chi connectivity index (χ3n) is 6.16. The molecule has 11 nitrogen and oxygen atoms in total. The van der Waals surface area contributed by atoms with Crippen LogP contribution in [0.3, 0.4) is 0 Å². The van der Waals surface area contributed by atoms with Crippen LogP contribution in [0.25, 0.3) is 11.2 Å². The third kappa shape index (κ3) is 4.18. The number of hydrogen-bond acceptors (Lipinski definition) is 9. The Labute approximate surface area is 205 Å². The Morgan fingerprint density at radius 2 is 1.72 bits per heavy atom. The Bertz CT molecular complexity index is 1350. The van der Waals surface area contributed by atoms with E-state index in [1.165, 1.54) is 6.33 Å². The number of carbonyl (C=O) groups is 1. The number of nitrogens with zero attached hydrogens (tertiary/aromatic N) is 4. The molecule has 6 rings (SSSR count). The van der Waals surface area contributed by atoms with E-state index < -0.39 is 36.9 Å². The van der Waals surface area contributed by atoms with E-state index in [2.05, 4.69) is 20.3 Å². The lowest BCUT2D eigenvalue weighted by Gasteiger charge is -2.20. The average molecular weight is 489 g/mol. The van der Waals surface area contributed by atoms with Crippen LogP contribution in [0.5, 0.6) is 0 Å². The summed E-state index contributed by atoms with van der Waals surface area (Å²) in [5, 5.41) is 12.5. The first-order valence-electron chi connectivity index (χ1n) is 11.5. The van der Waals surface area contributed by atoms with Gasteiger partial charge in [-0.15, -0.1) is 0 Å². The largest absolute Gasteiger partial charge is 0.444 e. The fourth-order valence-corrected chi connectivity index (χ4v) is 4.46. The first-order chi connectivity index (χ1) is 17.7. The van der Waals surface area contributed by atoms with Crippen LogP contribution >= 0.6 is 0 Å². The van der Waals surface area contributed by atoms with Crippen molar-refractivity contribution < 1.29 is 28.8 Å². The quantitative estimate of drug-likeness (QED) is 0.420. The lowest BCUT2D eigenvalue weighted by atomic mass is 10.1. The molecule has 2 aromatic heterocycles. The van der Waals surface area contributed by atoms with Crippen molar-refractivity contribution in [3.05, 3.63) is 84.4 Å². The highest BCUT2D eigenvalue weighted by molar-refractivity contribution is 5.93. The number of amides is 1. The maximum Gasteiger partial charge on any atom is 0.413 e. The lowest BCUT2D eigenvalue weighted by Crippen LogP contribution is -2.30. The zero-order valence-corrected chi connectivity index (χ0v) is 19.0. The van der Waals surface area contributed by atoms with Gasteiger partial charge in [-0.25, -0.2) is 19.7 Å². The van der Waals surface area contributed by atoms with Gasteiger partial charge < -0.3 is 24.1 Å². The van der Waals surface area contributed by atoms with Crippen molar-refractivity contribution in [3.8, 4) is 0 Å². The van der Waals surface area contributed by atoms with Crippen molar-refractivity contribution in [2.45, 2.75) is 37.4 Å². The van der Waals surface area contributed by atoms with E-state index in [-0.39, 0.29) is 19.0 Å². The van der Waals surface area contributed by atoms with Gasteiger partial charge in [0.1, 0.15) is 31.2 Å². The molecule has 2 aliphatic heterocycles. The molecule has 0 aliphatic carbocycles. The number of carbonyl (C=O) groups excluding carboxylic acids is 1. The second-order valence-electron chi connectivity index (χ2n) is 8.42. The number of benzene rings is 2. The summed E-state index contributed by atoms with van der Waals surface area (Å²) in [6.07, 6.45) is -0.603. The van der Waals surface area contributed by atoms with Crippen LogP contribution in [-0.4, -0.2) is 55.6 Å². The monoisotopic (exact) mass is 489 g/mol. The van der Waals surface area contributed by atoms with E-state index in [0.29, 0.717) is 11.2 Å². The molecule has 0 bridgehead atoms. The average Bonchev–Trinajstić information content (AvgIpc) is 3.63. The van der Waals surface area contributed by atoms with E-state index in [9.17, 15) is 9.90 Å². The van der Waals surface area contributed by atoms with Crippen LogP contribution in [0, 0.1) is 0 Å². The van der Waals surface area contributed by atoms with Gasteiger partial charge in [0.05, 0.1) is 12.9 Å². The summed E-state index contributed by atoms with van der Waals surface area (Å²) < 4.78 is 25.4. The molecular weight excluding hydrogens is 466 g/mol. The van der Waals surface area contributed by atoms with Crippen molar-refractivity contribution in [3.63, 3.8) is 0 Å². The number of hydrogen-bond donors (Lipinski definition) is 2. The standard InChI is InChI=1S/C25H23N5O6/c31-11-17-19-20(36-24(35-19)16-9-5-2-6-10-16)23(34-17)30-14-28-18-21(26-13-27-22(18)30)29-25(32)33-12-15-7-3-1-4-8-15/h1-10,13-14,17,19-20,23-24,31H,11-12H2,(H,26,27,29,32)/t17-,19-,20-,23-,24?/m1/s1. The summed E-state index contributed by atoms with van der Waals surface area (Å²) >= 11 is 0. The normalized spacial score (nSPS) is 25.1. The summed E-state index contributed by atoms with van der Waals surface area (Å²) in [5.74, 6) is 0.204. The number of aliphatic hydroxyl groups excluding tert-OH is 1. The van der Waals surface area contributed by atoms with Crippen LogP contribution in [0.4, 0.5) is 10.6 Å². The van der Waals surface area contributed by atoms with Crippen molar-refractivity contribution in [2.75, 3.05) is 11.9 Å². The molecule has 0 spiro atoms. The number of aromatic nitrogens is 4. The van der Waals surface area contributed by atoms with Crippen LogP contribution in [0.1, 0.15) is 23.6 Å². The van der Waals surface area contributed by atoms with E-state index in [4.69, 9.17) is 18.9 Å². The zero-order valence-electron chi connectivity index (χ0n) is 19.0. The second-order valence-corrected chi connectivity index (χ2v) is 8.42. The van der Waals surface area contributed by atoms with Crippen molar-refractivity contribution in [1.29, 1.82) is 0 Å². The van der Waals surface area contributed by atoms with E-state index in [0.717, 1.165) is 11.1 Å². The maximum absolute atomic E-state index is 12.4. The molecule has 2 N–H and O–H groups in total. The lowest BCUT2D eigenvalue weighted by molar-refractivity contribution is -0.153. The Morgan fingerprint density at radius 1 is 0.972 bits per heavy atom. The second kappa shape index (κ2) is 9.63. The highest BCUT2D eigenvalue weighted by Crippen LogP contribution is 2.44. The number of fused-ring (bicyclic) bond motifs is 2. The summed E-state index contributed by atoms with van der Waals surface area (Å²) in [7, 11) is 0. The van der Waals surface area contributed by atoms with Gasteiger partial charge in [0.15, 0.2) is 29.5 Å². The minimum absolute atomic E-state index is 0.122. The summed E-state index contributed by atoms with van der Waals surface area (Å²) in [6.45, 7) is -0.110. The smallest absolute Gasteiger partial charge is 0.413 e. The summed E-state index contributed by atoms with van der Waals surface area (Å²) in [5.41, 5.74) is 2.53. The topological polar surface area (TPSA) is 130 Å². The molecule has 2 aliphatic rings. The predicted molar refractivity (Wildman–Crippen MR) is 125 cm³/mol. The fraction of sp³-hybridized carbons (Fsp3) is 0.280. The van der Waals surface area contributed by atoms with Gasteiger partial charge in [0, 0.05) is 5.56 Å². The number of nitrogens with one attached hydrogen (secondary N) is 1. The Kier molecular flexibility index (Phi) is 6.03. The molecule has 5 atom stereocenters. The molecule has 2 fully saturated rings. The highest BCUT2D eigenvalue weighted by Gasteiger charge is 2.53.